The molecule has 104 valence electrons. The van der Waals surface area contributed by atoms with Gasteiger partial charge in [-0.05, 0) is 44.0 Å². The number of hydrogen-bond acceptors (Lipinski definition) is 2. The first-order valence-electron chi connectivity index (χ1n) is 7.12. The van der Waals surface area contributed by atoms with Crippen molar-refractivity contribution in [1.82, 2.24) is 4.90 Å². The maximum absolute atomic E-state index is 6.38. The highest BCUT2D eigenvalue weighted by Gasteiger charge is 2.30. The normalized spacial score (nSPS) is 24.3. The fourth-order valence-electron chi connectivity index (χ4n) is 3.37. The van der Waals surface area contributed by atoms with Gasteiger partial charge in [0, 0.05) is 25.0 Å². The van der Waals surface area contributed by atoms with Gasteiger partial charge in [0.2, 0.25) is 0 Å². The van der Waals surface area contributed by atoms with E-state index in [-0.39, 0.29) is 0 Å². The fourth-order valence-corrected chi connectivity index (χ4v) is 3.90. The zero-order valence-corrected chi connectivity index (χ0v) is 12.6. The van der Waals surface area contributed by atoms with Crippen LogP contribution in [0.15, 0.2) is 18.2 Å². The van der Waals surface area contributed by atoms with E-state index in [4.69, 9.17) is 23.2 Å². The van der Waals surface area contributed by atoms with Gasteiger partial charge in [-0.3, -0.25) is 4.90 Å². The van der Waals surface area contributed by atoms with Gasteiger partial charge < -0.3 is 4.90 Å². The molecule has 2 aliphatic rings. The fraction of sp³-hybridized carbons (Fsp3) is 0.600. The molecule has 3 rings (SSSR count). The second kappa shape index (κ2) is 5.90. The minimum Gasteiger partial charge on any atom is -0.368 e. The van der Waals surface area contributed by atoms with E-state index in [9.17, 15) is 0 Å². The summed E-state index contributed by atoms with van der Waals surface area (Å²) in [4.78, 5) is 5.06. The summed E-state index contributed by atoms with van der Waals surface area (Å²) >= 11 is 12.4. The molecule has 2 heterocycles. The lowest BCUT2D eigenvalue weighted by molar-refractivity contribution is 0.260. The van der Waals surface area contributed by atoms with E-state index < -0.39 is 0 Å². The Morgan fingerprint density at radius 3 is 2.68 bits per heavy atom. The van der Waals surface area contributed by atoms with Crippen molar-refractivity contribution in [2.75, 3.05) is 31.1 Å². The van der Waals surface area contributed by atoms with Crippen LogP contribution in [0.1, 0.15) is 24.8 Å². The minimum atomic E-state index is 0.529. The largest absolute Gasteiger partial charge is 0.368 e. The molecule has 2 aliphatic heterocycles. The predicted molar refractivity (Wildman–Crippen MR) is 82.4 cm³/mol. The summed E-state index contributed by atoms with van der Waals surface area (Å²) < 4.78 is 0. The van der Waals surface area contributed by atoms with Crippen LogP contribution in [0.25, 0.3) is 0 Å². The van der Waals surface area contributed by atoms with Crippen molar-refractivity contribution in [2.45, 2.75) is 31.2 Å². The van der Waals surface area contributed by atoms with Crippen molar-refractivity contribution in [1.29, 1.82) is 0 Å². The van der Waals surface area contributed by atoms with Crippen LogP contribution in [0.2, 0.25) is 5.02 Å². The molecule has 19 heavy (non-hydrogen) atoms. The minimum absolute atomic E-state index is 0.529. The maximum atomic E-state index is 6.38. The number of para-hydroxylation sites is 1. The number of nitrogens with zero attached hydrogens (tertiary/aromatic N) is 2. The van der Waals surface area contributed by atoms with Crippen LogP contribution in [0, 0.1) is 0 Å². The van der Waals surface area contributed by atoms with E-state index in [1.807, 2.05) is 12.1 Å². The van der Waals surface area contributed by atoms with E-state index in [0.717, 1.165) is 29.4 Å². The lowest BCUT2D eigenvalue weighted by Crippen LogP contribution is -2.35. The van der Waals surface area contributed by atoms with E-state index >= 15 is 0 Å². The van der Waals surface area contributed by atoms with Gasteiger partial charge in [-0.25, -0.2) is 0 Å². The van der Waals surface area contributed by atoms with E-state index in [0.29, 0.717) is 11.9 Å². The lowest BCUT2D eigenvalue weighted by atomic mass is 10.2. The first kappa shape index (κ1) is 13.5. The van der Waals surface area contributed by atoms with E-state index in [1.165, 1.54) is 32.4 Å². The van der Waals surface area contributed by atoms with Gasteiger partial charge in [-0.2, -0.15) is 0 Å². The quantitative estimate of drug-likeness (QED) is 0.784. The Morgan fingerprint density at radius 2 is 1.95 bits per heavy atom. The molecule has 2 saturated heterocycles. The molecule has 0 bridgehead atoms. The number of likely N-dealkylation sites (tertiary alicyclic amines) is 1. The Labute approximate surface area is 125 Å². The third kappa shape index (κ3) is 2.72. The molecule has 0 N–H and O–H groups in total. The van der Waals surface area contributed by atoms with Gasteiger partial charge in [0.1, 0.15) is 0 Å². The van der Waals surface area contributed by atoms with Crippen molar-refractivity contribution >= 4 is 28.9 Å². The molecule has 0 aromatic heterocycles. The van der Waals surface area contributed by atoms with Crippen LogP contribution in [-0.2, 0) is 5.88 Å². The smallest absolute Gasteiger partial charge is 0.0642 e. The summed E-state index contributed by atoms with van der Waals surface area (Å²) in [6, 6.07) is 6.73. The molecule has 0 amide bonds. The van der Waals surface area contributed by atoms with Crippen molar-refractivity contribution in [3.63, 3.8) is 0 Å². The third-order valence-corrected chi connectivity index (χ3v) is 4.94. The molecule has 1 atom stereocenters. The molecule has 1 aromatic carbocycles. The van der Waals surface area contributed by atoms with Crippen LogP contribution in [0.4, 0.5) is 5.69 Å². The summed E-state index contributed by atoms with van der Waals surface area (Å²) in [7, 11) is 0. The van der Waals surface area contributed by atoms with Crippen LogP contribution in [-0.4, -0.2) is 37.1 Å². The Morgan fingerprint density at radius 1 is 1.16 bits per heavy atom. The summed E-state index contributed by atoms with van der Waals surface area (Å²) in [5.41, 5.74) is 2.30. The topological polar surface area (TPSA) is 6.48 Å². The number of hydrogen-bond donors (Lipinski definition) is 0. The molecule has 0 saturated carbocycles. The van der Waals surface area contributed by atoms with Crippen LogP contribution in [0.3, 0.4) is 0 Å². The number of halogens is 2. The second-order valence-electron chi connectivity index (χ2n) is 5.51. The first-order chi connectivity index (χ1) is 9.29. The molecule has 0 radical (unpaired) electrons. The molecule has 4 heteroatoms. The van der Waals surface area contributed by atoms with Crippen LogP contribution in [0.5, 0.6) is 0 Å². The molecule has 0 spiro atoms. The summed E-state index contributed by atoms with van der Waals surface area (Å²) in [5, 5.41) is 0.834. The van der Waals surface area contributed by atoms with Crippen molar-refractivity contribution < 1.29 is 0 Å². The molecule has 1 unspecified atom stereocenters. The molecule has 2 fully saturated rings. The lowest BCUT2D eigenvalue weighted by Gasteiger charge is -2.26. The van der Waals surface area contributed by atoms with Gasteiger partial charge >= 0.3 is 0 Å². The van der Waals surface area contributed by atoms with Gasteiger partial charge in [-0.1, -0.05) is 23.7 Å². The Balaban J connectivity index is 1.77. The average Bonchev–Trinajstić information content (AvgIpc) is 3.08. The van der Waals surface area contributed by atoms with Crippen molar-refractivity contribution in [2.24, 2.45) is 0 Å². The zero-order chi connectivity index (χ0) is 13.2. The monoisotopic (exact) mass is 298 g/mol. The highest BCUT2D eigenvalue weighted by Crippen LogP contribution is 2.34. The summed E-state index contributed by atoms with van der Waals surface area (Å²) in [6.45, 7) is 4.72. The van der Waals surface area contributed by atoms with Gasteiger partial charge in [0.25, 0.3) is 0 Å². The molecular weight excluding hydrogens is 279 g/mol. The maximum Gasteiger partial charge on any atom is 0.0642 e. The SMILES string of the molecule is ClCc1cccc(Cl)c1N1CCC(N2CCCC2)C1. The number of rotatable bonds is 3. The van der Waals surface area contributed by atoms with Crippen LogP contribution < -0.4 is 4.90 Å². The third-order valence-electron chi connectivity index (χ3n) is 4.35. The van der Waals surface area contributed by atoms with E-state index in [1.54, 1.807) is 0 Å². The zero-order valence-electron chi connectivity index (χ0n) is 11.1. The van der Waals surface area contributed by atoms with Crippen molar-refractivity contribution in [3.05, 3.63) is 28.8 Å². The van der Waals surface area contributed by atoms with E-state index in [2.05, 4.69) is 15.9 Å². The Bertz CT molecular complexity index is 444. The first-order valence-corrected chi connectivity index (χ1v) is 8.03. The molecule has 0 aliphatic carbocycles. The number of alkyl halides is 1. The number of benzene rings is 1. The second-order valence-corrected chi connectivity index (χ2v) is 6.19. The van der Waals surface area contributed by atoms with Gasteiger partial charge in [0.05, 0.1) is 10.7 Å². The standard InChI is InChI=1S/C15H20Cl2N2/c16-10-12-4-3-5-14(17)15(12)19-9-6-13(11-19)18-7-1-2-8-18/h3-5,13H,1-2,6-11H2. The predicted octanol–water partition coefficient (Wildman–Crippen LogP) is 3.75. The summed E-state index contributed by atoms with van der Waals surface area (Å²) in [6.07, 6.45) is 3.96. The van der Waals surface area contributed by atoms with Gasteiger partial charge in [-0.15, -0.1) is 11.6 Å². The Kier molecular flexibility index (Phi) is 4.21. The Hall–Kier alpha value is -0.440. The summed E-state index contributed by atoms with van der Waals surface area (Å²) in [5.74, 6) is 0.529. The highest BCUT2D eigenvalue weighted by atomic mass is 35.5. The van der Waals surface area contributed by atoms with Crippen LogP contribution >= 0.6 is 23.2 Å². The average molecular weight is 299 g/mol. The molecule has 2 nitrogen and oxygen atoms in total. The highest BCUT2D eigenvalue weighted by molar-refractivity contribution is 6.33. The van der Waals surface area contributed by atoms with Gasteiger partial charge in [0.15, 0.2) is 0 Å². The van der Waals surface area contributed by atoms with Crippen molar-refractivity contribution in [3.8, 4) is 0 Å². The number of anilines is 1. The molecule has 1 aromatic rings. The molecular formula is C15H20Cl2N2.